The second kappa shape index (κ2) is 10.2. The lowest BCUT2D eigenvalue weighted by Gasteiger charge is -2.28. The van der Waals surface area contributed by atoms with Crippen molar-refractivity contribution in [3.05, 3.63) is 64.4 Å². The molecular formula is C26H32N6O3. The van der Waals surface area contributed by atoms with Gasteiger partial charge in [-0.15, -0.1) is 0 Å². The molecule has 1 amide bonds. The number of benzene rings is 2. The van der Waals surface area contributed by atoms with Crippen LogP contribution in [0, 0.1) is 19.8 Å². The summed E-state index contributed by atoms with van der Waals surface area (Å²) in [5.74, 6) is 2.02. The fourth-order valence-electron chi connectivity index (χ4n) is 4.14. The first kappa shape index (κ1) is 24.3. The van der Waals surface area contributed by atoms with Gasteiger partial charge in [-0.05, 0) is 72.9 Å². The lowest BCUT2D eigenvalue weighted by molar-refractivity contribution is -0.113. The summed E-state index contributed by atoms with van der Waals surface area (Å²) < 4.78 is 13.2. The van der Waals surface area contributed by atoms with Crippen LogP contribution < -0.4 is 20.1 Å². The fraction of sp³-hybridized carbons (Fsp3) is 0.385. The first-order valence-electron chi connectivity index (χ1n) is 11.7. The molecule has 1 unspecified atom stereocenters. The van der Waals surface area contributed by atoms with E-state index < -0.39 is 6.04 Å². The molecule has 1 aliphatic heterocycles. The number of fused-ring (bicyclic) bond motifs is 1. The first-order valence-corrected chi connectivity index (χ1v) is 11.7. The van der Waals surface area contributed by atoms with E-state index in [4.69, 9.17) is 9.47 Å². The molecule has 2 aromatic carbocycles. The SMILES string of the molecule is COc1cc(C2C(C(=O)Nc3ccc(C)cc3C)=C(C)Nc3nnnn32)ccc1OCCC(C)C. The summed E-state index contributed by atoms with van der Waals surface area (Å²) in [6.07, 6.45) is 0.942. The van der Waals surface area contributed by atoms with Gasteiger partial charge in [-0.3, -0.25) is 4.79 Å². The molecule has 1 aromatic heterocycles. The molecule has 0 radical (unpaired) electrons. The van der Waals surface area contributed by atoms with Gasteiger partial charge in [-0.1, -0.05) is 42.7 Å². The van der Waals surface area contributed by atoms with Crippen molar-refractivity contribution in [1.82, 2.24) is 20.2 Å². The summed E-state index contributed by atoms with van der Waals surface area (Å²) in [6, 6.07) is 11.0. The molecule has 4 rings (SSSR count). The Morgan fingerprint density at radius 2 is 1.94 bits per heavy atom. The van der Waals surface area contributed by atoms with Crippen molar-refractivity contribution < 1.29 is 14.3 Å². The summed E-state index contributed by atoms with van der Waals surface area (Å²) in [5.41, 5.74) is 4.88. The standard InChI is InChI=1S/C26H32N6O3/c1-15(2)11-12-35-21-10-8-19(14-22(21)34-6)24-23(18(5)27-26-29-30-31-32(24)26)25(33)28-20-9-7-16(3)13-17(20)4/h7-10,13-15,24H,11-12H2,1-6H3,(H,28,33)(H,27,29,31). The Morgan fingerprint density at radius 3 is 2.66 bits per heavy atom. The number of hydrogen-bond donors (Lipinski definition) is 2. The minimum absolute atomic E-state index is 0.232. The number of aryl methyl sites for hydroxylation is 2. The Kier molecular flexibility index (Phi) is 7.04. The van der Waals surface area contributed by atoms with Crippen molar-refractivity contribution >= 4 is 17.5 Å². The Bertz CT molecular complexity index is 1260. The van der Waals surface area contributed by atoms with Gasteiger partial charge >= 0.3 is 0 Å². The van der Waals surface area contributed by atoms with Gasteiger partial charge in [0.1, 0.15) is 6.04 Å². The maximum absolute atomic E-state index is 13.6. The number of carbonyl (C=O) groups excluding carboxylic acids is 1. The molecule has 1 atom stereocenters. The molecule has 9 nitrogen and oxygen atoms in total. The van der Waals surface area contributed by atoms with Gasteiger partial charge in [0, 0.05) is 11.4 Å². The Morgan fingerprint density at radius 1 is 1.14 bits per heavy atom. The summed E-state index contributed by atoms with van der Waals surface area (Å²) >= 11 is 0. The Hall–Kier alpha value is -3.88. The quantitative estimate of drug-likeness (QED) is 0.488. The topological polar surface area (TPSA) is 103 Å². The summed E-state index contributed by atoms with van der Waals surface area (Å²) in [5, 5.41) is 18.3. The number of tetrazole rings is 1. The molecule has 184 valence electrons. The van der Waals surface area contributed by atoms with Crippen molar-refractivity contribution in [2.24, 2.45) is 5.92 Å². The summed E-state index contributed by atoms with van der Waals surface area (Å²) in [4.78, 5) is 13.6. The predicted octanol–water partition coefficient (Wildman–Crippen LogP) is 4.65. The maximum Gasteiger partial charge on any atom is 0.255 e. The summed E-state index contributed by atoms with van der Waals surface area (Å²) in [7, 11) is 1.61. The van der Waals surface area contributed by atoms with E-state index in [1.54, 1.807) is 11.8 Å². The van der Waals surface area contributed by atoms with Crippen LogP contribution in [-0.2, 0) is 4.79 Å². The van der Waals surface area contributed by atoms with Gasteiger partial charge in [0.25, 0.3) is 5.91 Å². The van der Waals surface area contributed by atoms with E-state index in [1.165, 1.54) is 0 Å². The molecule has 0 aliphatic carbocycles. The van der Waals surface area contributed by atoms with Gasteiger partial charge in [0.2, 0.25) is 5.95 Å². The molecule has 0 spiro atoms. The minimum Gasteiger partial charge on any atom is -0.493 e. The molecule has 2 N–H and O–H groups in total. The second-order valence-corrected chi connectivity index (χ2v) is 9.23. The van der Waals surface area contributed by atoms with E-state index in [0.29, 0.717) is 41.2 Å². The molecule has 1 aliphatic rings. The van der Waals surface area contributed by atoms with Crippen LogP contribution >= 0.6 is 0 Å². The minimum atomic E-state index is -0.550. The van der Waals surface area contributed by atoms with Crippen molar-refractivity contribution in [2.45, 2.75) is 47.1 Å². The number of anilines is 2. The van der Waals surface area contributed by atoms with Crippen molar-refractivity contribution in [2.75, 3.05) is 24.4 Å². The van der Waals surface area contributed by atoms with Crippen LogP contribution in [-0.4, -0.2) is 39.8 Å². The lowest BCUT2D eigenvalue weighted by Crippen LogP contribution is -2.31. The maximum atomic E-state index is 13.6. The van der Waals surface area contributed by atoms with Gasteiger partial charge in [-0.25, -0.2) is 0 Å². The van der Waals surface area contributed by atoms with Crippen LogP contribution in [0.4, 0.5) is 11.6 Å². The van der Waals surface area contributed by atoms with E-state index in [1.807, 2.05) is 57.2 Å². The average Bonchev–Trinajstić information content (AvgIpc) is 3.28. The van der Waals surface area contributed by atoms with E-state index in [-0.39, 0.29) is 5.91 Å². The smallest absolute Gasteiger partial charge is 0.255 e. The van der Waals surface area contributed by atoms with Crippen LogP contribution in [0.25, 0.3) is 0 Å². The third-order valence-electron chi connectivity index (χ3n) is 6.05. The Balaban J connectivity index is 1.70. The van der Waals surface area contributed by atoms with E-state index >= 15 is 0 Å². The fourth-order valence-corrected chi connectivity index (χ4v) is 4.14. The van der Waals surface area contributed by atoms with Crippen LogP contribution in [0.15, 0.2) is 47.7 Å². The molecule has 0 saturated heterocycles. The highest BCUT2D eigenvalue weighted by Gasteiger charge is 2.34. The predicted molar refractivity (Wildman–Crippen MR) is 135 cm³/mol. The van der Waals surface area contributed by atoms with Crippen LogP contribution in [0.2, 0.25) is 0 Å². The lowest BCUT2D eigenvalue weighted by atomic mass is 9.94. The van der Waals surface area contributed by atoms with Crippen molar-refractivity contribution in [3.63, 3.8) is 0 Å². The summed E-state index contributed by atoms with van der Waals surface area (Å²) in [6.45, 7) is 10.8. The number of carbonyl (C=O) groups is 1. The third-order valence-corrected chi connectivity index (χ3v) is 6.05. The zero-order valence-electron chi connectivity index (χ0n) is 21.0. The number of nitrogens with zero attached hydrogens (tertiary/aromatic N) is 4. The van der Waals surface area contributed by atoms with Gasteiger partial charge < -0.3 is 20.1 Å². The van der Waals surface area contributed by atoms with Crippen LogP contribution in [0.3, 0.4) is 0 Å². The second-order valence-electron chi connectivity index (χ2n) is 9.23. The van der Waals surface area contributed by atoms with E-state index in [0.717, 1.165) is 28.8 Å². The third kappa shape index (κ3) is 5.13. The van der Waals surface area contributed by atoms with Gasteiger partial charge in [-0.2, -0.15) is 4.68 Å². The number of methoxy groups -OCH3 is 1. The van der Waals surface area contributed by atoms with Crippen molar-refractivity contribution in [3.8, 4) is 11.5 Å². The van der Waals surface area contributed by atoms with E-state index in [2.05, 4.69) is 40.0 Å². The normalized spacial score (nSPS) is 15.0. The zero-order chi connectivity index (χ0) is 25.1. The molecule has 35 heavy (non-hydrogen) atoms. The molecule has 3 aromatic rings. The average molecular weight is 477 g/mol. The Labute approximate surface area is 205 Å². The highest BCUT2D eigenvalue weighted by molar-refractivity contribution is 6.06. The number of nitrogens with one attached hydrogen (secondary N) is 2. The number of ether oxygens (including phenoxy) is 2. The highest BCUT2D eigenvalue weighted by Crippen LogP contribution is 2.38. The monoisotopic (exact) mass is 476 g/mol. The molecule has 9 heteroatoms. The van der Waals surface area contributed by atoms with Crippen LogP contribution in [0.5, 0.6) is 11.5 Å². The number of allylic oxidation sites excluding steroid dienone is 1. The van der Waals surface area contributed by atoms with Crippen molar-refractivity contribution in [1.29, 1.82) is 0 Å². The number of aromatic nitrogens is 4. The molecule has 0 saturated carbocycles. The zero-order valence-corrected chi connectivity index (χ0v) is 21.0. The number of rotatable bonds is 8. The number of hydrogen-bond acceptors (Lipinski definition) is 7. The molecular weight excluding hydrogens is 444 g/mol. The van der Waals surface area contributed by atoms with E-state index in [9.17, 15) is 4.79 Å². The largest absolute Gasteiger partial charge is 0.493 e. The van der Waals surface area contributed by atoms with Crippen LogP contribution in [0.1, 0.15) is 49.9 Å². The highest BCUT2D eigenvalue weighted by atomic mass is 16.5. The van der Waals surface area contributed by atoms with Gasteiger partial charge in [0.15, 0.2) is 11.5 Å². The number of amides is 1. The molecule has 2 heterocycles. The molecule has 0 bridgehead atoms. The first-order chi connectivity index (χ1) is 16.8. The van der Waals surface area contributed by atoms with Gasteiger partial charge in [0.05, 0.1) is 19.3 Å². The molecule has 0 fully saturated rings.